The first-order valence-corrected chi connectivity index (χ1v) is 10.1. The summed E-state index contributed by atoms with van der Waals surface area (Å²) in [5.74, 6) is -1.15. The molecule has 0 bridgehead atoms. The van der Waals surface area contributed by atoms with Crippen LogP contribution in [0.2, 0.25) is 0 Å². The zero-order valence-corrected chi connectivity index (χ0v) is 16.8. The van der Waals surface area contributed by atoms with Gasteiger partial charge in [-0.05, 0) is 37.3 Å². The molecule has 0 spiro atoms. The average Bonchev–Trinajstić information content (AvgIpc) is 3.18. The van der Waals surface area contributed by atoms with Gasteiger partial charge in [-0.3, -0.25) is 25.2 Å². The van der Waals surface area contributed by atoms with Crippen molar-refractivity contribution in [1.29, 1.82) is 0 Å². The Morgan fingerprint density at radius 2 is 1.73 bits per heavy atom. The molecule has 0 radical (unpaired) electrons. The molecule has 0 unspecified atom stereocenters. The number of aromatic nitrogens is 1. The Bertz CT molecular complexity index is 1190. The number of hydrogen-bond donors (Lipinski definition) is 3. The van der Waals surface area contributed by atoms with Crippen LogP contribution >= 0.6 is 0 Å². The second kappa shape index (κ2) is 8.66. The standard InChI is InChI=1S/C19H18N4O6S/c1-12-10-17(29-22-12)19(25)21-20-18(24)13-6-5-7-14(11-13)30(26,27)23-15-8-3-4-9-16(15)28-2/h3-11,23H,1-2H3,(H,20,24)(H,21,25). The summed E-state index contributed by atoms with van der Waals surface area (Å²) in [6.45, 7) is 1.64. The van der Waals surface area contributed by atoms with Crippen LogP contribution in [0.1, 0.15) is 26.6 Å². The Morgan fingerprint density at radius 1 is 1.00 bits per heavy atom. The number of sulfonamides is 1. The quantitative estimate of drug-likeness (QED) is 0.507. The number of carbonyl (C=O) groups is 2. The predicted molar refractivity (Wildman–Crippen MR) is 106 cm³/mol. The number of rotatable bonds is 6. The predicted octanol–water partition coefficient (Wildman–Crippen LogP) is 1.87. The van der Waals surface area contributed by atoms with E-state index >= 15 is 0 Å². The van der Waals surface area contributed by atoms with Crippen LogP contribution in [-0.4, -0.2) is 32.5 Å². The summed E-state index contributed by atoms with van der Waals surface area (Å²) in [4.78, 5) is 24.1. The van der Waals surface area contributed by atoms with Crippen molar-refractivity contribution in [2.24, 2.45) is 0 Å². The smallest absolute Gasteiger partial charge is 0.308 e. The summed E-state index contributed by atoms with van der Waals surface area (Å²) in [5, 5.41) is 3.58. The number of aryl methyl sites for hydroxylation is 1. The van der Waals surface area contributed by atoms with E-state index in [0.717, 1.165) is 0 Å². The minimum absolute atomic E-state index is 0.0203. The molecule has 3 N–H and O–H groups in total. The van der Waals surface area contributed by atoms with E-state index in [2.05, 4.69) is 20.7 Å². The zero-order valence-electron chi connectivity index (χ0n) is 16.0. The number of para-hydroxylation sites is 2. The molecule has 0 atom stereocenters. The first-order chi connectivity index (χ1) is 14.3. The largest absolute Gasteiger partial charge is 0.495 e. The molecular weight excluding hydrogens is 412 g/mol. The fourth-order valence-corrected chi connectivity index (χ4v) is 3.57. The second-order valence-corrected chi connectivity index (χ2v) is 7.76. The molecule has 156 valence electrons. The SMILES string of the molecule is COc1ccccc1NS(=O)(=O)c1cccc(C(=O)NNC(=O)c2cc(C)no2)c1. The van der Waals surface area contributed by atoms with Crippen molar-refractivity contribution in [2.45, 2.75) is 11.8 Å². The number of benzene rings is 2. The lowest BCUT2D eigenvalue weighted by molar-refractivity contribution is 0.0825. The molecule has 0 aliphatic rings. The maximum absolute atomic E-state index is 12.7. The fraction of sp³-hybridized carbons (Fsp3) is 0.105. The number of carbonyl (C=O) groups excluding carboxylic acids is 2. The van der Waals surface area contributed by atoms with Gasteiger partial charge in [-0.15, -0.1) is 0 Å². The second-order valence-electron chi connectivity index (χ2n) is 6.07. The van der Waals surface area contributed by atoms with Gasteiger partial charge < -0.3 is 9.26 Å². The first-order valence-electron chi connectivity index (χ1n) is 8.60. The van der Waals surface area contributed by atoms with Crippen LogP contribution in [0.4, 0.5) is 5.69 Å². The van der Waals surface area contributed by atoms with Crippen molar-refractivity contribution in [3.8, 4) is 5.75 Å². The van der Waals surface area contributed by atoms with Gasteiger partial charge in [0, 0.05) is 11.6 Å². The monoisotopic (exact) mass is 430 g/mol. The van der Waals surface area contributed by atoms with Crippen LogP contribution in [0.5, 0.6) is 5.75 Å². The number of hydrazine groups is 1. The normalized spacial score (nSPS) is 10.9. The molecule has 10 nitrogen and oxygen atoms in total. The zero-order chi connectivity index (χ0) is 21.7. The van der Waals surface area contributed by atoms with Crippen molar-refractivity contribution in [3.05, 3.63) is 71.6 Å². The summed E-state index contributed by atoms with van der Waals surface area (Å²) < 4.78 is 37.8. The van der Waals surface area contributed by atoms with Crippen LogP contribution in [0.3, 0.4) is 0 Å². The maximum atomic E-state index is 12.7. The summed E-state index contributed by atoms with van der Waals surface area (Å²) in [7, 11) is -2.57. The molecule has 2 amide bonds. The summed E-state index contributed by atoms with van der Waals surface area (Å²) in [6.07, 6.45) is 0. The van der Waals surface area contributed by atoms with Crippen molar-refractivity contribution in [2.75, 3.05) is 11.8 Å². The molecule has 11 heteroatoms. The van der Waals surface area contributed by atoms with E-state index in [1.54, 1.807) is 31.2 Å². The number of hydrogen-bond acceptors (Lipinski definition) is 7. The van der Waals surface area contributed by atoms with Crippen LogP contribution in [0.15, 0.2) is 64.0 Å². The maximum Gasteiger partial charge on any atom is 0.308 e. The summed E-state index contributed by atoms with van der Waals surface area (Å²) in [6, 6.07) is 13.3. The molecular formula is C19H18N4O6S. The first kappa shape index (κ1) is 20.9. The van der Waals surface area contributed by atoms with Gasteiger partial charge in [-0.1, -0.05) is 23.4 Å². The topological polar surface area (TPSA) is 140 Å². The lowest BCUT2D eigenvalue weighted by Crippen LogP contribution is -2.41. The molecule has 1 heterocycles. The van der Waals surface area contributed by atoms with Gasteiger partial charge in [0.05, 0.1) is 23.4 Å². The minimum Gasteiger partial charge on any atom is -0.495 e. The Labute approximate surface area is 172 Å². The van der Waals surface area contributed by atoms with Crippen LogP contribution < -0.4 is 20.3 Å². The Kier molecular flexibility index (Phi) is 6.02. The highest BCUT2D eigenvalue weighted by molar-refractivity contribution is 7.92. The highest BCUT2D eigenvalue weighted by atomic mass is 32.2. The minimum atomic E-state index is -3.99. The molecule has 0 aliphatic heterocycles. The third kappa shape index (κ3) is 4.75. The highest BCUT2D eigenvalue weighted by Crippen LogP contribution is 2.26. The van der Waals surface area contributed by atoms with E-state index in [1.165, 1.54) is 37.4 Å². The van der Waals surface area contributed by atoms with Gasteiger partial charge in [-0.2, -0.15) is 0 Å². The Morgan fingerprint density at radius 3 is 2.43 bits per heavy atom. The van der Waals surface area contributed by atoms with E-state index in [0.29, 0.717) is 11.4 Å². The van der Waals surface area contributed by atoms with E-state index in [1.807, 2.05) is 0 Å². The number of nitrogens with zero attached hydrogens (tertiary/aromatic N) is 1. The third-order valence-corrected chi connectivity index (χ3v) is 5.26. The van der Waals surface area contributed by atoms with E-state index in [4.69, 9.17) is 9.26 Å². The number of ether oxygens (including phenoxy) is 1. The molecule has 2 aromatic carbocycles. The van der Waals surface area contributed by atoms with Crippen molar-refractivity contribution in [3.63, 3.8) is 0 Å². The Hall–Kier alpha value is -3.86. The number of nitrogens with one attached hydrogen (secondary N) is 3. The van der Waals surface area contributed by atoms with Gasteiger partial charge >= 0.3 is 5.91 Å². The number of amides is 2. The molecule has 0 aliphatic carbocycles. The molecule has 3 rings (SSSR count). The highest BCUT2D eigenvalue weighted by Gasteiger charge is 2.19. The van der Waals surface area contributed by atoms with Crippen molar-refractivity contribution in [1.82, 2.24) is 16.0 Å². The number of methoxy groups -OCH3 is 1. The van der Waals surface area contributed by atoms with E-state index in [9.17, 15) is 18.0 Å². The molecule has 0 fully saturated rings. The molecule has 0 saturated heterocycles. The van der Waals surface area contributed by atoms with Gasteiger partial charge in [0.15, 0.2) is 0 Å². The fourth-order valence-electron chi connectivity index (χ4n) is 2.46. The van der Waals surface area contributed by atoms with E-state index in [-0.39, 0.29) is 21.9 Å². The summed E-state index contributed by atoms with van der Waals surface area (Å²) in [5.41, 5.74) is 5.14. The van der Waals surface area contributed by atoms with Gasteiger partial charge in [-0.25, -0.2) is 8.42 Å². The Balaban J connectivity index is 1.73. The van der Waals surface area contributed by atoms with Crippen molar-refractivity contribution < 1.29 is 27.3 Å². The molecule has 3 aromatic rings. The molecule has 1 aromatic heterocycles. The molecule has 0 saturated carbocycles. The average molecular weight is 430 g/mol. The van der Waals surface area contributed by atoms with Gasteiger partial charge in [0.1, 0.15) is 5.75 Å². The third-order valence-electron chi connectivity index (χ3n) is 3.90. The van der Waals surface area contributed by atoms with E-state index < -0.39 is 21.8 Å². The van der Waals surface area contributed by atoms with Crippen molar-refractivity contribution >= 4 is 27.5 Å². The summed E-state index contributed by atoms with van der Waals surface area (Å²) >= 11 is 0. The van der Waals surface area contributed by atoms with Crippen LogP contribution in [0, 0.1) is 6.92 Å². The number of anilines is 1. The van der Waals surface area contributed by atoms with Crippen LogP contribution in [-0.2, 0) is 10.0 Å². The van der Waals surface area contributed by atoms with Crippen LogP contribution in [0.25, 0.3) is 0 Å². The lowest BCUT2D eigenvalue weighted by atomic mass is 10.2. The van der Waals surface area contributed by atoms with Gasteiger partial charge in [0.2, 0.25) is 5.76 Å². The lowest BCUT2D eigenvalue weighted by Gasteiger charge is -2.12. The van der Waals surface area contributed by atoms with Gasteiger partial charge in [0.25, 0.3) is 15.9 Å². The molecule has 30 heavy (non-hydrogen) atoms.